The van der Waals surface area contributed by atoms with Crippen LogP contribution in [0.2, 0.25) is 5.02 Å². The lowest BCUT2D eigenvalue weighted by Crippen LogP contribution is -2.38. The molecule has 132 valence electrons. The Bertz CT molecular complexity index is 717. The average molecular weight is 375 g/mol. The van der Waals surface area contributed by atoms with Gasteiger partial charge in [0.1, 0.15) is 0 Å². The third-order valence-corrected chi connectivity index (χ3v) is 5.83. The number of anilines is 1. The quantitative estimate of drug-likeness (QED) is 0.665. The van der Waals surface area contributed by atoms with Crippen LogP contribution in [0.1, 0.15) is 42.5 Å². The van der Waals surface area contributed by atoms with Crippen LogP contribution < -0.4 is 4.72 Å². The fourth-order valence-corrected chi connectivity index (χ4v) is 4.10. The molecule has 1 N–H and O–H groups in total. The molecule has 0 saturated heterocycles. The molecular formula is C20H23ClN2OS. The van der Waals surface area contributed by atoms with Gasteiger partial charge in [0.2, 0.25) is 0 Å². The van der Waals surface area contributed by atoms with E-state index in [0.29, 0.717) is 16.6 Å². The van der Waals surface area contributed by atoms with E-state index in [1.54, 1.807) is 0 Å². The first kappa shape index (κ1) is 18.2. The van der Waals surface area contributed by atoms with Gasteiger partial charge in [0.05, 0.1) is 10.6 Å². The highest BCUT2D eigenvalue weighted by Gasteiger charge is 2.24. The van der Waals surface area contributed by atoms with Crippen LogP contribution in [-0.2, 0) is 0 Å². The maximum absolute atomic E-state index is 12.8. The van der Waals surface area contributed by atoms with E-state index in [0.717, 1.165) is 23.4 Å². The first-order chi connectivity index (χ1) is 12.1. The third-order valence-electron chi connectivity index (χ3n) is 4.67. The van der Waals surface area contributed by atoms with Gasteiger partial charge in [-0.05, 0) is 55.1 Å². The predicted molar refractivity (Wildman–Crippen MR) is 106 cm³/mol. The van der Waals surface area contributed by atoms with Gasteiger partial charge in [-0.3, -0.25) is 4.79 Å². The highest BCUT2D eigenvalue weighted by Crippen LogP contribution is 2.28. The lowest BCUT2D eigenvalue weighted by Gasteiger charge is -2.31. The smallest absolute Gasteiger partial charge is 0.255 e. The topological polar surface area (TPSA) is 32.3 Å². The maximum Gasteiger partial charge on any atom is 0.255 e. The summed E-state index contributed by atoms with van der Waals surface area (Å²) in [6.45, 7) is 0. The standard InChI is InChI=1S/C20H23ClN2OS/c1-23(16-8-4-2-5-9-16)20(24)18-13-12-15(14-19(18)21)22-25-17-10-6-3-7-11-17/h3,6-7,10-14,16,22H,2,4-5,8-9H2,1H3. The van der Waals surface area contributed by atoms with E-state index in [2.05, 4.69) is 4.72 Å². The maximum atomic E-state index is 12.8. The highest BCUT2D eigenvalue weighted by atomic mass is 35.5. The molecule has 1 aliphatic rings. The molecule has 3 rings (SSSR count). The number of rotatable bonds is 5. The summed E-state index contributed by atoms with van der Waals surface area (Å²) in [7, 11) is 1.89. The van der Waals surface area contributed by atoms with E-state index in [9.17, 15) is 4.79 Å². The van der Waals surface area contributed by atoms with Crippen molar-refractivity contribution in [3.05, 3.63) is 59.1 Å². The van der Waals surface area contributed by atoms with Crippen molar-refractivity contribution in [2.24, 2.45) is 0 Å². The molecule has 0 radical (unpaired) electrons. The second-order valence-electron chi connectivity index (χ2n) is 6.42. The number of benzene rings is 2. The van der Waals surface area contributed by atoms with Crippen molar-refractivity contribution in [3.63, 3.8) is 0 Å². The van der Waals surface area contributed by atoms with Crippen LogP contribution in [0.25, 0.3) is 0 Å². The molecule has 0 spiro atoms. The number of hydrogen-bond acceptors (Lipinski definition) is 3. The molecular weight excluding hydrogens is 352 g/mol. The monoisotopic (exact) mass is 374 g/mol. The average Bonchev–Trinajstić information content (AvgIpc) is 2.67. The van der Waals surface area contributed by atoms with Crippen LogP contribution in [0, 0.1) is 0 Å². The summed E-state index contributed by atoms with van der Waals surface area (Å²) in [5, 5.41) is 0.492. The Hall–Kier alpha value is -1.65. The number of hydrogen-bond donors (Lipinski definition) is 1. The zero-order valence-corrected chi connectivity index (χ0v) is 15.9. The predicted octanol–water partition coefficient (Wildman–Crippen LogP) is 5.86. The SMILES string of the molecule is CN(C(=O)c1ccc(NSc2ccccc2)cc1Cl)C1CCCCC1. The van der Waals surface area contributed by atoms with E-state index in [4.69, 9.17) is 11.6 Å². The molecule has 1 saturated carbocycles. The van der Waals surface area contributed by atoms with Crippen LogP contribution in [-0.4, -0.2) is 23.9 Å². The summed E-state index contributed by atoms with van der Waals surface area (Å²) in [6.07, 6.45) is 5.87. The number of carbonyl (C=O) groups is 1. The normalized spacial score (nSPS) is 15.0. The van der Waals surface area contributed by atoms with E-state index < -0.39 is 0 Å². The summed E-state index contributed by atoms with van der Waals surface area (Å²) in [4.78, 5) is 15.8. The molecule has 0 aromatic heterocycles. The highest BCUT2D eigenvalue weighted by molar-refractivity contribution is 8.00. The van der Waals surface area contributed by atoms with Crippen LogP contribution in [0.5, 0.6) is 0 Å². The van der Waals surface area contributed by atoms with Gasteiger partial charge in [-0.1, -0.05) is 49.1 Å². The van der Waals surface area contributed by atoms with Crippen molar-refractivity contribution in [1.29, 1.82) is 0 Å². The second kappa shape index (κ2) is 8.63. The van der Waals surface area contributed by atoms with Gasteiger partial charge in [0.25, 0.3) is 5.91 Å². The molecule has 1 amide bonds. The Morgan fingerprint density at radius 3 is 2.52 bits per heavy atom. The van der Waals surface area contributed by atoms with Crippen LogP contribution >= 0.6 is 23.5 Å². The fourth-order valence-electron chi connectivity index (χ4n) is 3.18. The summed E-state index contributed by atoms with van der Waals surface area (Å²) in [5.74, 6) is 0.0131. The number of carbonyl (C=O) groups excluding carboxylic acids is 1. The minimum Gasteiger partial charge on any atom is -0.339 e. The van der Waals surface area contributed by atoms with Gasteiger partial charge in [0.15, 0.2) is 0 Å². The number of nitrogens with zero attached hydrogens (tertiary/aromatic N) is 1. The molecule has 5 heteroatoms. The van der Waals surface area contributed by atoms with Gasteiger partial charge in [0, 0.05) is 23.7 Å². The molecule has 2 aromatic rings. The Balaban J connectivity index is 1.65. The van der Waals surface area contributed by atoms with Crippen molar-refractivity contribution in [1.82, 2.24) is 4.90 Å². The Labute approximate surface area is 158 Å². The first-order valence-electron chi connectivity index (χ1n) is 8.70. The van der Waals surface area contributed by atoms with Crippen molar-refractivity contribution in [3.8, 4) is 0 Å². The molecule has 0 heterocycles. The number of halogens is 1. The third kappa shape index (κ3) is 4.71. The van der Waals surface area contributed by atoms with Gasteiger partial charge in [-0.15, -0.1) is 0 Å². The summed E-state index contributed by atoms with van der Waals surface area (Å²) >= 11 is 7.91. The minimum absolute atomic E-state index is 0.0131. The molecule has 0 atom stereocenters. The van der Waals surface area contributed by atoms with Crippen molar-refractivity contribution < 1.29 is 4.79 Å². The second-order valence-corrected chi connectivity index (χ2v) is 7.71. The zero-order valence-electron chi connectivity index (χ0n) is 14.4. The van der Waals surface area contributed by atoms with Crippen molar-refractivity contribution in [2.75, 3.05) is 11.8 Å². The van der Waals surface area contributed by atoms with Crippen LogP contribution in [0.15, 0.2) is 53.4 Å². The zero-order chi connectivity index (χ0) is 17.6. The van der Waals surface area contributed by atoms with Crippen molar-refractivity contribution >= 4 is 35.1 Å². The molecule has 2 aromatic carbocycles. The molecule has 25 heavy (non-hydrogen) atoms. The van der Waals surface area contributed by atoms with Crippen LogP contribution in [0.4, 0.5) is 5.69 Å². The van der Waals surface area contributed by atoms with E-state index in [1.165, 1.54) is 31.2 Å². The Morgan fingerprint density at radius 1 is 1.12 bits per heavy atom. The first-order valence-corrected chi connectivity index (χ1v) is 9.89. The molecule has 0 aliphatic heterocycles. The van der Waals surface area contributed by atoms with Crippen LogP contribution in [0.3, 0.4) is 0 Å². The molecule has 0 bridgehead atoms. The van der Waals surface area contributed by atoms with E-state index in [-0.39, 0.29) is 5.91 Å². The number of amides is 1. The van der Waals surface area contributed by atoms with Gasteiger partial charge >= 0.3 is 0 Å². The Morgan fingerprint density at radius 2 is 1.84 bits per heavy atom. The molecule has 1 aliphatic carbocycles. The summed E-state index contributed by atoms with van der Waals surface area (Å²) in [6, 6.07) is 15.9. The largest absolute Gasteiger partial charge is 0.339 e. The summed E-state index contributed by atoms with van der Waals surface area (Å²) in [5.41, 5.74) is 1.46. The van der Waals surface area contributed by atoms with Gasteiger partial charge in [-0.2, -0.15) is 0 Å². The van der Waals surface area contributed by atoms with Gasteiger partial charge in [-0.25, -0.2) is 0 Å². The lowest BCUT2D eigenvalue weighted by atomic mass is 9.94. The summed E-state index contributed by atoms with van der Waals surface area (Å²) < 4.78 is 3.27. The minimum atomic E-state index is 0.0131. The van der Waals surface area contributed by atoms with E-state index >= 15 is 0 Å². The van der Waals surface area contributed by atoms with Gasteiger partial charge < -0.3 is 9.62 Å². The number of nitrogens with one attached hydrogen (secondary N) is 1. The molecule has 1 fully saturated rings. The Kier molecular flexibility index (Phi) is 6.27. The molecule has 3 nitrogen and oxygen atoms in total. The molecule has 0 unspecified atom stereocenters. The van der Waals surface area contributed by atoms with E-state index in [1.807, 2.05) is 60.5 Å². The fraction of sp³-hybridized carbons (Fsp3) is 0.350. The lowest BCUT2D eigenvalue weighted by molar-refractivity contribution is 0.0696. The van der Waals surface area contributed by atoms with Crippen molar-refractivity contribution in [2.45, 2.75) is 43.0 Å².